The second-order valence-corrected chi connectivity index (χ2v) is 10.3. The summed E-state index contributed by atoms with van der Waals surface area (Å²) in [6.45, 7) is 5.42. The van der Waals surface area contributed by atoms with Gasteiger partial charge in [0.15, 0.2) is 0 Å². The van der Waals surface area contributed by atoms with Gasteiger partial charge in [-0.25, -0.2) is 4.79 Å². The van der Waals surface area contributed by atoms with Crippen molar-refractivity contribution in [2.45, 2.75) is 24.5 Å². The molecule has 0 amide bonds. The van der Waals surface area contributed by atoms with Crippen LogP contribution < -0.4 is 0 Å². The quantitative estimate of drug-likeness (QED) is 0.671. The number of hydrogen-bond donors (Lipinski definition) is 1. The standard InChI is InChI=1S/C10H14O5SSi.Li/c1-17(2,3)15-10(11)8-6-4-5-7-9(8)16(12,13)14;/h4-7H,1-3H3,(H,12,13,14);. The minimum Gasteiger partial charge on any atom is -0.516 e. The van der Waals surface area contributed by atoms with E-state index in [1.54, 1.807) is 19.6 Å². The predicted molar refractivity (Wildman–Crippen MR) is 70.8 cm³/mol. The molecule has 1 aromatic carbocycles. The van der Waals surface area contributed by atoms with E-state index in [1.165, 1.54) is 18.2 Å². The molecule has 1 N–H and O–H groups in total. The Morgan fingerprint density at radius 1 is 1.22 bits per heavy atom. The average Bonchev–Trinajstić information content (AvgIpc) is 2.13. The van der Waals surface area contributed by atoms with Gasteiger partial charge in [0.05, 0.1) is 5.56 Å². The van der Waals surface area contributed by atoms with Crippen LogP contribution >= 0.6 is 0 Å². The minimum absolute atomic E-state index is 0. The molecule has 0 aromatic heterocycles. The van der Waals surface area contributed by atoms with Crippen molar-refractivity contribution in [3.05, 3.63) is 29.8 Å². The van der Waals surface area contributed by atoms with E-state index in [-0.39, 0.29) is 24.4 Å². The molecule has 18 heavy (non-hydrogen) atoms. The summed E-state index contributed by atoms with van der Waals surface area (Å²) >= 11 is 0. The van der Waals surface area contributed by atoms with Crippen molar-refractivity contribution in [3.63, 3.8) is 0 Å². The van der Waals surface area contributed by atoms with Crippen LogP contribution in [-0.2, 0) is 14.5 Å². The van der Waals surface area contributed by atoms with Crippen LogP contribution in [0, 0.1) is 0 Å². The number of carbonyl (C=O) groups is 1. The van der Waals surface area contributed by atoms with E-state index in [0.717, 1.165) is 6.07 Å². The fourth-order valence-corrected chi connectivity index (χ4v) is 2.54. The first-order chi connectivity index (χ1) is 7.61. The third-order valence-corrected chi connectivity index (χ3v) is 3.49. The Labute approximate surface area is 120 Å². The molecule has 0 aliphatic carbocycles. The molecule has 0 saturated carbocycles. The first kappa shape index (κ1) is 17.4. The number of carbonyl (C=O) groups excluding carboxylic acids is 1. The topological polar surface area (TPSA) is 80.7 Å². The molecule has 0 heterocycles. The van der Waals surface area contributed by atoms with Crippen LogP contribution in [0.3, 0.4) is 0 Å². The fraction of sp³-hybridized carbons (Fsp3) is 0.300. The predicted octanol–water partition coefficient (Wildman–Crippen LogP) is 1.54. The molecule has 0 bridgehead atoms. The molecule has 0 saturated heterocycles. The zero-order chi connectivity index (χ0) is 13.3. The van der Waals surface area contributed by atoms with Gasteiger partial charge in [-0.3, -0.25) is 4.55 Å². The Morgan fingerprint density at radius 2 is 1.72 bits per heavy atom. The van der Waals surface area contributed by atoms with Crippen molar-refractivity contribution >= 4 is 43.3 Å². The summed E-state index contributed by atoms with van der Waals surface area (Å²) in [5.74, 6) is -0.725. The number of rotatable bonds is 3. The first-order valence-electron chi connectivity index (χ1n) is 4.91. The van der Waals surface area contributed by atoms with Crippen molar-refractivity contribution in [1.82, 2.24) is 0 Å². The van der Waals surface area contributed by atoms with Gasteiger partial charge in [-0.15, -0.1) is 0 Å². The minimum atomic E-state index is -4.42. The molecule has 5 nitrogen and oxygen atoms in total. The molecule has 0 atom stereocenters. The third kappa shape index (κ3) is 4.96. The second-order valence-electron chi connectivity index (χ2n) is 4.47. The van der Waals surface area contributed by atoms with Crippen LogP contribution in [0.4, 0.5) is 0 Å². The Kier molecular flexibility index (Phi) is 5.84. The molecule has 0 fully saturated rings. The summed E-state index contributed by atoms with van der Waals surface area (Å²) in [6, 6.07) is 5.41. The van der Waals surface area contributed by atoms with Gasteiger partial charge < -0.3 is 4.43 Å². The molecule has 1 aromatic rings. The summed E-state index contributed by atoms with van der Waals surface area (Å²) in [4.78, 5) is 11.3. The molecule has 0 aliphatic rings. The third-order valence-electron chi connectivity index (χ3n) is 1.78. The Balaban J connectivity index is 0.00000289. The molecule has 1 rings (SSSR count). The van der Waals surface area contributed by atoms with E-state index >= 15 is 0 Å². The Hall–Kier alpha value is -0.586. The maximum atomic E-state index is 11.8. The summed E-state index contributed by atoms with van der Waals surface area (Å²) in [5.41, 5.74) is -0.141. The van der Waals surface area contributed by atoms with Gasteiger partial charge in [0, 0.05) is 18.9 Å². The van der Waals surface area contributed by atoms with Crippen LogP contribution in [0.5, 0.6) is 0 Å². The molecular formula is C10H14LiO5SSi. The van der Waals surface area contributed by atoms with Gasteiger partial charge in [-0.1, -0.05) is 12.1 Å². The monoisotopic (exact) mass is 281 g/mol. The number of hydrogen-bond acceptors (Lipinski definition) is 4. The normalized spacial score (nSPS) is 11.6. The van der Waals surface area contributed by atoms with Crippen LogP contribution in [-0.4, -0.2) is 46.1 Å². The summed E-state index contributed by atoms with van der Waals surface area (Å²) in [6.07, 6.45) is 0. The molecule has 8 heteroatoms. The van der Waals surface area contributed by atoms with E-state index < -0.39 is 29.3 Å². The van der Waals surface area contributed by atoms with Crippen molar-refractivity contribution in [1.29, 1.82) is 0 Å². The van der Waals surface area contributed by atoms with Crippen molar-refractivity contribution in [2.75, 3.05) is 0 Å². The zero-order valence-electron chi connectivity index (χ0n) is 10.8. The molecule has 0 spiro atoms. The zero-order valence-corrected chi connectivity index (χ0v) is 12.6. The Morgan fingerprint density at radius 3 is 2.17 bits per heavy atom. The number of benzene rings is 1. The van der Waals surface area contributed by atoms with Crippen LogP contribution in [0.2, 0.25) is 19.6 Å². The molecular weight excluding hydrogens is 267 g/mol. The second kappa shape index (κ2) is 6.04. The average molecular weight is 281 g/mol. The Bertz CT molecular complexity index is 535. The van der Waals surface area contributed by atoms with E-state index in [2.05, 4.69) is 0 Å². The van der Waals surface area contributed by atoms with E-state index in [0.29, 0.717) is 0 Å². The van der Waals surface area contributed by atoms with E-state index in [9.17, 15) is 13.2 Å². The molecule has 1 radical (unpaired) electrons. The molecule has 0 aliphatic heterocycles. The van der Waals surface area contributed by atoms with Crippen LogP contribution in [0.15, 0.2) is 29.2 Å². The van der Waals surface area contributed by atoms with Gasteiger partial charge >= 0.3 is 5.97 Å². The maximum Gasteiger partial charge on any atom is 0.326 e. The van der Waals surface area contributed by atoms with E-state index in [1.807, 2.05) is 0 Å². The van der Waals surface area contributed by atoms with Gasteiger partial charge in [-0.2, -0.15) is 8.42 Å². The van der Waals surface area contributed by atoms with Crippen LogP contribution in [0.1, 0.15) is 10.4 Å². The fourth-order valence-electron chi connectivity index (χ4n) is 1.19. The molecule has 0 unspecified atom stereocenters. The van der Waals surface area contributed by atoms with Crippen molar-refractivity contribution in [2.24, 2.45) is 0 Å². The van der Waals surface area contributed by atoms with Gasteiger partial charge in [0.1, 0.15) is 4.90 Å². The van der Waals surface area contributed by atoms with Gasteiger partial charge in [0.2, 0.25) is 8.32 Å². The maximum absolute atomic E-state index is 11.8. The van der Waals surface area contributed by atoms with E-state index in [4.69, 9.17) is 8.98 Å². The summed E-state index contributed by atoms with van der Waals surface area (Å²) < 4.78 is 36.3. The van der Waals surface area contributed by atoms with Crippen molar-refractivity contribution in [3.8, 4) is 0 Å². The summed E-state index contributed by atoms with van der Waals surface area (Å²) in [5, 5.41) is 0. The van der Waals surface area contributed by atoms with Gasteiger partial charge in [0.25, 0.3) is 10.1 Å². The first-order valence-corrected chi connectivity index (χ1v) is 9.76. The van der Waals surface area contributed by atoms with Crippen LogP contribution in [0.25, 0.3) is 0 Å². The van der Waals surface area contributed by atoms with Gasteiger partial charge in [-0.05, 0) is 31.8 Å². The molecule has 95 valence electrons. The largest absolute Gasteiger partial charge is 0.516 e. The SMILES string of the molecule is C[Si](C)(C)OC(=O)c1ccccc1S(=O)(=O)O.[Li]. The van der Waals surface area contributed by atoms with Crippen molar-refractivity contribution < 1.29 is 22.2 Å². The smallest absolute Gasteiger partial charge is 0.326 e. The summed E-state index contributed by atoms with van der Waals surface area (Å²) in [7, 11) is -6.53.